The Morgan fingerprint density at radius 1 is 1.32 bits per heavy atom. The highest BCUT2D eigenvalue weighted by atomic mass is 79.9. The van der Waals surface area contributed by atoms with Crippen LogP contribution in [0.4, 0.5) is 5.69 Å². The average Bonchev–Trinajstić information content (AvgIpc) is 3.53. The first-order valence-corrected chi connectivity index (χ1v) is 11.6. The molecule has 0 fully saturated rings. The normalized spacial score (nSPS) is 14.6. The van der Waals surface area contributed by atoms with E-state index in [2.05, 4.69) is 32.1 Å². The average molecular weight is 570 g/mol. The predicted octanol–water partition coefficient (Wildman–Crippen LogP) is 4.61. The largest absolute Gasteiger partial charge is 0.467 e. The number of nitriles is 1. The zero-order chi connectivity index (χ0) is 26.7. The van der Waals surface area contributed by atoms with Gasteiger partial charge in [-0.2, -0.15) is 10.3 Å². The molecule has 0 bridgehead atoms. The third kappa shape index (κ3) is 5.30. The van der Waals surface area contributed by atoms with Crippen molar-refractivity contribution in [2.45, 2.75) is 26.7 Å². The van der Waals surface area contributed by atoms with Gasteiger partial charge in [-0.15, -0.1) is 5.10 Å². The number of pyridine rings is 1. The SMILES string of the molecule is COCc1c(Br)c(C)nc(OCC2=NN(C(C)=O)[C@H](c3ccc(-c4cccc([N+](=O)[O-])c4)o3)O2)c1C#N. The van der Waals surface area contributed by atoms with Gasteiger partial charge in [-0.1, -0.05) is 12.1 Å². The van der Waals surface area contributed by atoms with Crippen molar-refractivity contribution >= 4 is 33.4 Å². The van der Waals surface area contributed by atoms with E-state index in [-0.39, 0.29) is 42.0 Å². The molecule has 3 heterocycles. The van der Waals surface area contributed by atoms with Crippen molar-refractivity contribution in [1.29, 1.82) is 5.26 Å². The lowest BCUT2D eigenvalue weighted by molar-refractivity contribution is -0.384. The molecule has 0 spiro atoms. The highest BCUT2D eigenvalue weighted by Gasteiger charge is 2.35. The van der Waals surface area contributed by atoms with Gasteiger partial charge in [0.05, 0.1) is 17.2 Å². The Bertz CT molecular complexity index is 1450. The number of nitro groups is 1. The Morgan fingerprint density at radius 3 is 2.78 bits per heavy atom. The fourth-order valence-electron chi connectivity index (χ4n) is 3.61. The second-order valence-electron chi connectivity index (χ2n) is 7.84. The molecule has 1 atom stereocenters. The molecular formula is C24H20BrN5O7. The van der Waals surface area contributed by atoms with Gasteiger partial charge in [0.2, 0.25) is 17.7 Å². The lowest BCUT2D eigenvalue weighted by atomic mass is 10.1. The first-order valence-electron chi connectivity index (χ1n) is 10.8. The Kier molecular flexibility index (Phi) is 7.51. The molecule has 4 rings (SSSR count). The number of hydrogen-bond acceptors (Lipinski definition) is 10. The van der Waals surface area contributed by atoms with E-state index in [1.807, 2.05) is 0 Å². The highest BCUT2D eigenvalue weighted by Crippen LogP contribution is 2.34. The van der Waals surface area contributed by atoms with Crippen LogP contribution in [-0.4, -0.2) is 40.4 Å². The van der Waals surface area contributed by atoms with Crippen LogP contribution in [-0.2, 0) is 20.9 Å². The fraction of sp³-hybridized carbons (Fsp3) is 0.250. The van der Waals surface area contributed by atoms with Crippen LogP contribution < -0.4 is 4.74 Å². The number of ether oxygens (including phenoxy) is 3. The second-order valence-corrected chi connectivity index (χ2v) is 8.63. The van der Waals surface area contributed by atoms with Crippen LogP contribution in [0.25, 0.3) is 11.3 Å². The summed E-state index contributed by atoms with van der Waals surface area (Å²) in [6.07, 6.45) is -1.01. The zero-order valence-electron chi connectivity index (χ0n) is 19.9. The quantitative estimate of drug-likeness (QED) is 0.279. The standard InChI is InChI=1S/C24H20BrN5O7/c1-13-22(25)18(11-34-3)17(10-26)23(27-13)35-12-21-28-29(14(2)31)24(37-21)20-8-7-19(36-20)15-5-4-6-16(9-15)30(32)33/h4-9,24H,11-12H2,1-3H3/t24-/m0/s1. The number of methoxy groups -OCH3 is 1. The second kappa shape index (κ2) is 10.8. The van der Waals surface area contributed by atoms with E-state index < -0.39 is 17.1 Å². The monoisotopic (exact) mass is 569 g/mol. The van der Waals surface area contributed by atoms with E-state index in [4.69, 9.17) is 18.6 Å². The van der Waals surface area contributed by atoms with E-state index in [0.29, 0.717) is 27.1 Å². The van der Waals surface area contributed by atoms with Crippen LogP contribution in [0, 0.1) is 28.4 Å². The van der Waals surface area contributed by atoms with E-state index in [1.165, 1.54) is 26.2 Å². The maximum absolute atomic E-state index is 12.3. The number of amides is 1. The first kappa shape index (κ1) is 25.8. The summed E-state index contributed by atoms with van der Waals surface area (Å²) in [6, 6.07) is 11.3. The Hall–Kier alpha value is -4.28. The number of halogens is 1. The molecule has 0 aliphatic carbocycles. The molecule has 3 aromatic rings. The van der Waals surface area contributed by atoms with Gasteiger partial charge in [0.25, 0.3) is 11.9 Å². The van der Waals surface area contributed by atoms with Crippen LogP contribution in [0.1, 0.15) is 35.7 Å². The Balaban J connectivity index is 1.55. The summed E-state index contributed by atoms with van der Waals surface area (Å²) >= 11 is 3.43. The van der Waals surface area contributed by atoms with E-state index in [9.17, 15) is 20.2 Å². The van der Waals surface area contributed by atoms with Gasteiger partial charge in [-0.3, -0.25) is 14.9 Å². The smallest absolute Gasteiger partial charge is 0.270 e. The van der Waals surface area contributed by atoms with Crippen LogP contribution >= 0.6 is 15.9 Å². The number of furan rings is 1. The van der Waals surface area contributed by atoms with E-state index >= 15 is 0 Å². The molecule has 1 aliphatic heterocycles. The number of benzene rings is 1. The first-order chi connectivity index (χ1) is 17.7. The summed E-state index contributed by atoms with van der Waals surface area (Å²) in [5.74, 6) is 0.340. The zero-order valence-corrected chi connectivity index (χ0v) is 21.5. The van der Waals surface area contributed by atoms with Gasteiger partial charge in [0, 0.05) is 41.8 Å². The molecule has 0 saturated heterocycles. The lowest BCUT2D eigenvalue weighted by Gasteiger charge is -2.16. The number of nitrogens with zero attached hydrogens (tertiary/aromatic N) is 5. The minimum absolute atomic E-state index is 0.0630. The maximum atomic E-state index is 12.3. The number of rotatable bonds is 8. The molecule has 0 radical (unpaired) electrons. The predicted molar refractivity (Wildman–Crippen MR) is 132 cm³/mol. The van der Waals surface area contributed by atoms with Crippen molar-refractivity contribution in [3.8, 4) is 23.3 Å². The van der Waals surface area contributed by atoms with Crippen molar-refractivity contribution in [2.24, 2.45) is 5.10 Å². The van der Waals surface area contributed by atoms with Crippen molar-refractivity contribution in [3.63, 3.8) is 0 Å². The minimum Gasteiger partial charge on any atom is -0.467 e. The fourth-order valence-corrected chi connectivity index (χ4v) is 4.01. The molecule has 37 heavy (non-hydrogen) atoms. The molecule has 13 heteroatoms. The van der Waals surface area contributed by atoms with Crippen molar-refractivity contribution in [2.75, 3.05) is 13.7 Å². The van der Waals surface area contributed by atoms with Crippen molar-refractivity contribution in [3.05, 3.63) is 73.6 Å². The van der Waals surface area contributed by atoms with Gasteiger partial charge in [0.15, 0.2) is 12.4 Å². The molecule has 1 amide bonds. The maximum Gasteiger partial charge on any atom is 0.270 e. The molecule has 12 nitrogen and oxygen atoms in total. The lowest BCUT2D eigenvalue weighted by Crippen LogP contribution is -2.25. The molecule has 1 aromatic carbocycles. The number of aryl methyl sites for hydroxylation is 1. The Morgan fingerprint density at radius 2 is 2.11 bits per heavy atom. The number of nitro benzene ring substituents is 1. The molecule has 190 valence electrons. The van der Waals surface area contributed by atoms with Gasteiger partial charge < -0.3 is 18.6 Å². The molecule has 0 unspecified atom stereocenters. The summed E-state index contributed by atoms with van der Waals surface area (Å²) < 4.78 is 23.3. The number of hydrogen-bond donors (Lipinski definition) is 0. The molecule has 1 aliphatic rings. The van der Waals surface area contributed by atoms with Gasteiger partial charge in [-0.05, 0) is 35.0 Å². The van der Waals surface area contributed by atoms with Gasteiger partial charge in [-0.25, -0.2) is 4.98 Å². The summed E-state index contributed by atoms with van der Waals surface area (Å²) in [5.41, 5.74) is 1.80. The number of carbonyl (C=O) groups is 1. The Labute approximate surface area is 219 Å². The third-order valence-electron chi connectivity index (χ3n) is 5.32. The van der Waals surface area contributed by atoms with E-state index in [0.717, 1.165) is 5.01 Å². The van der Waals surface area contributed by atoms with Crippen molar-refractivity contribution in [1.82, 2.24) is 9.99 Å². The van der Waals surface area contributed by atoms with Crippen molar-refractivity contribution < 1.29 is 28.3 Å². The number of carbonyl (C=O) groups excluding carboxylic acids is 1. The summed E-state index contributed by atoms with van der Waals surface area (Å²) in [4.78, 5) is 27.2. The molecular weight excluding hydrogens is 550 g/mol. The molecule has 2 aromatic heterocycles. The topological polar surface area (TPSA) is 153 Å². The summed E-state index contributed by atoms with van der Waals surface area (Å²) in [5, 5.41) is 26.1. The highest BCUT2D eigenvalue weighted by molar-refractivity contribution is 9.10. The summed E-state index contributed by atoms with van der Waals surface area (Å²) in [6.45, 7) is 3.03. The summed E-state index contributed by atoms with van der Waals surface area (Å²) in [7, 11) is 1.51. The minimum atomic E-state index is -1.01. The van der Waals surface area contributed by atoms with Crippen LogP contribution in [0.5, 0.6) is 5.88 Å². The van der Waals surface area contributed by atoms with Crippen LogP contribution in [0.2, 0.25) is 0 Å². The third-order valence-corrected chi connectivity index (χ3v) is 6.38. The number of aromatic nitrogens is 1. The van der Waals surface area contributed by atoms with Crippen LogP contribution in [0.3, 0.4) is 0 Å². The molecule has 0 N–H and O–H groups in total. The van der Waals surface area contributed by atoms with Gasteiger partial charge in [0.1, 0.15) is 17.4 Å². The van der Waals surface area contributed by atoms with Gasteiger partial charge >= 0.3 is 0 Å². The van der Waals surface area contributed by atoms with E-state index in [1.54, 1.807) is 31.2 Å². The van der Waals surface area contributed by atoms with Crippen LogP contribution in [0.15, 0.2) is 50.4 Å². The molecule has 0 saturated carbocycles. The number of non-ortho nitro benzene ring substituents is 1. The number of hydrazone groups is 1.